The number of hydrazine groups is 1. The number of ether oxygens (including phenoxy) is 1. The van der Waals surface area contributed by atoms with Crippen LogP contribution in [0.5, 0.6) is 0 Å². The normalized spacial score (nSPS) is 10.1. The summed E-state index contributed by atoms with van der Waals surface area (Å²) in [5.41, 5.74) is 6.63. The van der Waals surface area contributed by atoms with E-state index in [0.717, 1.165) is 16.5 Å². The monoisotopic (exact) mass is 489 g/mol. The molecule has 31 heavy (non-hydrogen) atoms. The van der Waals surface area contributed by atoms with Gasteiger partial charge in [0.1, 0.15) is 0 Å². The van der Waals surface area contributed by atoms with Crippen molar-refractivity contribution in [3.8, 4) is 0 Å². The first-order valence-corrected chi connectivity index (χ1v) is 10.6. The number of aryl methyl sites for hydroxylation is 1. The second kappa shape index (κ2) is 12.5. The van der Waals surface area contributed by atoms with Gasteiger partial charge >= 0.3 is 5.97 Å². The number of halogens is 1. The van der Waals surface area contributed by atoms with E-state index in [-0.39, 0.29) is 19.3 Å². The highest BCUT2D eigenvalue weighted by Crippen LogP contribution is 2.21. The number of anilines is 1. The summed E-state index contributed by atoms with van der Waals surface area (Å²) in [6.07, 6.45) is 0.962. The van der Waals surface area contributed by atoms with Crippen molar-refractivity contribution in [2.45, 2.75) is 32.6 Å². The lowest BCUT2D eigenvalue weighted by Crippen LogP contribution is -2.41. The van der Waals surface area contributed by atoms with Crippen LogP contribution in [0.15, 0.2) is 53.0 Å². The molecule has 0 aliphatic carbocycles. The van der Waals surface area contributed by atoms with Crippen LogP contribution < -0.4 is 16.2 Å². The lowest BCUT2D eigenvalue weighted by atomic mass is 10.1. The van der Waals surface area contributed by atoms with Gasteiger partial charge in [-0.05, 0) is 48.7 Å². The summed E-state index contributed by atoms with van der Waals surface area (Å²) in [7, 11) is 0. The standard InChI is InChI=1S/C22H24BrN3O5/c1-2-15-13-17(23)11-12-18(15)24-20(28)14-31-21(29)10-6-9-19(27)25-26-22(30)16-7-4-3-5-8-16/h3-5,7-8,11-13H,2,6,9-10,14H2,1H3,(H,24,28)(H,25,27)(H,26,30). The molecule has 2 aromatic rings. The number of rotatable bonds is 9. The lowest BCUT2D eigenvalue weighted by molar-refractivity contribution is -0.147. The largest absolute Gasteiger partial charge is 0.456 e. The Morgan fingerprint density at radius 1 is 0.935 bits per heavy atom. The predicted octanol–water partition coefficient (Wildman–Crippen LogP) is 3.12. The van der Waals surface area contributed by atoms with E-state index in [4.69, 9.17) is 4.74 Å². The summed E-state index contributed by atoms with van der Waals surface area (Å²) < 4.78 is 5.86. The average molecular weight is 490 g/mol. The number of nitrogens with one attached hydrogen (secondary N) is 3. The van der Waals surface area contributed by atoms with E-state index in [0.29, 0.717) is 11.3 Å². The molecule has 0 fully saturated rings. The number of amides is 3. The van der Waals surface area contributed by atoms with Crippen LogP contribution in [0.3, 0.4) is 0 Å². The Bertz CT molecular complexity index is 934. The molecule has 0 saturated heterocycles. The highest BCUT2D eigenvalue weighted by atomic mass is 79.9. The fourth-order valence-corrected chi connectivity index (χ4v) is 3.03. The van der Waals surface area contributed by atoms with E-state index in [1.807, 2.05) is 19.1 Å². The Kier molecular flexibility index (Phi) is 9.70. The Labute approximate surface area is 188 Å². The van der Waals surface area contributed by atoms with Crippen LogP contribution in [0.4, 0.5) is 5.69 Å². The maximum Gasteiger partial charge on any atom is 0.306 e. The molecule has 9 heteroatoms. The molecule has 0 bridgehead atoms. The topological polar surface area (TPSA) is 114 Å². The molecule has 2 aromatic carbocycles. The fourth-order valence-electron chi connectivity index (χ4n) is 2.63. The third kappa shape index (κ3) is 8.59. The molecule has 2 rings (SSSR count). The molecule has 3 amide bonds. The van der Waals surface area contributed by atoms with Crippen molar-refractivity contribution in [3.63, 3.8) is 0 Å². The summed E-state index contributed by atoms with van der Waals surface area (Å²) >= 11 is 3.38. The summed E-state index contributed by atoms with van der Waals surface area (Å²) in [6, 6.07) is 13.9. The summed E-state index contributed by atoms with van der Waals surface area (Å²) in [6.45, 7) is 1.57. The van der Waals surface area contributed by atoms with E-state index >= 15 is 0 Å². The first-order chi connectivity index (χ1) is 14.9. The maximum absolute atomic E-state index is 12.0. The zero-order valence-corrected chi connectivity index (χ0v) is 18.7. The number of benzene rings is 2. The van der Waals surface area contributed by atoms with Crippen molar-refractivity contribution >= 4 is 45.3 Å². The zero-order chi connectivity index (χ0) is 22.6. The van der Waals surface area contributed by atoms with E-state index in [1.54, 1.807) is 36.4 Å². The van der Waals surface area contributed by atoms with Gasteiger partial charge in [0, 0.05) is 28.6 Å². The SMILES string of the molecule is CCc1cc(Br)ccc1NC(=O)COC(=O)CCCC(=O)NNC(=O)c1ccccc1. The fraction of sp³-hybridized carbons (Fsp3) is 0.273. The second-order valence-corrected chi connectivity index (χ2v) is 7.50. The molecular formula is C22H24BrN3O5. The Morgan fingerprint density at radius 2 is 1.68 bits per heavy atom. The lowest BCUT2D eigenvalue weighted by Gasteiger charge is -2.11. The molecule has 164 valence electrons. The van der Waals surface area contributed by atoms with Crippen LogP contribution in [0, 0.1) is 0 Å². The Hall–Kier alpha value is -3.20. The first kappa shape index (κ1) is 24.1. The minimum atomic E-state index is -0.581. The van der Waals surface area contributed by atoms with Gasteiger partial charge in [-0.3, -0.25) is 30.0 Å². The van der Waals surface area contributed by atoms with Gasteiger partial charge in [-0.2, -0.15) is 0 Å². The van der Waals surface area contributed by atoms with Gasteiger partial charge in [0.2, 0.25) is 5.91 Å². The van der Waals surface area contributed by atoms with Crippen molar-refractivity contribution in [1.82, 2.24) is 10.9 Å². The van der Waals surface area contributed by atoms with Gasteiger partial charge in [-0.15, -0.1) is 0 Å². The van der Waals surface area contributed by atoms with Crippen LogP contribution in [0.25, 0.3) is 0 Å². The molecule has 3 N–H and O–H groups in total. The molecule has 0 radical (unpaired) electrons. The smallest absolute Gasteiger partial charge is 0.306 e. The molecule has 8 nitrogen and oxygen atoms in total. The van der Waals surface area contributed by atoms with E-state index in [9.17, 15) is 19.2 Å². The summed E-state index contributed by atoms with van der Waals surface area (Å²) in [4.78, 5) is 47.4. The maximum atomic E-state index is 12.0. The van der Waals surface area contributed by atoms with Crippen molar-refractivity contribution in [2.75, 3.05) is 11.9 Å². The van der Waals surface area contributed by atoms with Crippen molar-refractivity contribution < 1.29 is 23.9 Å². The van der Waals surface area contributed by atoms with Crippen molar-refractivity contribution in [2.24, 2.45) is 0 Å². The number of carbonyl (C=O) groups is 4. The van der Waals surface area contributed by atoms with Crippen LogP contribution in [0.1, 0.15) is 42.1 Å². The van der Waals surface area contributed by atoms with Crippen LogP contribution in [-0.4, -0.2) is 30.3 Å². The van der Waals surface area contributed by atoms with Crippen molar-refractivity contribution in [1.29, 1.82) is 0 Å². The van der Waals surface area contributed by atoms with Gasteiger partial charge in [0.25, 0.3) is 11.8 Å². The Balaban J connectivity index is 1.63. The molecule has 0 unspecified atom stereocenters. The van der Waals surface area contributed by atoms with Gasteiger partial charge in [-0.1, -0.05) is 41.1 Å². The van der Waals surface area contributed by atoms with Crippen molar-refractivity contribution in [3.05, 3.63) is 64.1 Å². The van der Waals surface area contributed by atoms with Gasteiger partial charge in [0.05, 0.1) is 0 Å². The minimum absolute atomic E-state index is 0.0220. The molecule has 0 saturated carbocycles. The van der Waals surface area contributed by atoms with Gasteiger partial charge < -0.3 is 10.1 Å². The average Bonchev–Trinajstić information content (AvgIpc) is 2.77. The molecule has 0 atom stereocenters. The second-order valence-electron chi connectivity index (χ2n) is 6.59. The summed E-state index contributed by atoms with van der Waals surface area (Å²) in [5.74, 6) is -1.89. The molecular weight excluding hydrogens is 466 g/mol. The Morgan fingerprint density at radius 3 is 2.39 bits per heavy atom. The molecule has 0 aliphatic rings. The first-order valence-electron chi connectivity index (χ1n) is 9.77. The van der Waals surface area contributed by atoms with Gasteiger partial charge in [0.15, 0.2) is 6.61 Å². The third-order valence-electron chi connectivity index (χ3n) is 4.22. The number of esters is 1. The number of carbonyl (C=O) groups excluding carboxylic acids is 4. The molecule has 0 aromatic heterocycles. The van der Waals surface area contributed by atoms with Gasteiger partial charge in [-0.25, -0.2) is 0 Å². The molecule has 0 heterocycles. The van der Waals surface area contributed by atoms with Crippen LogP contribution in [-0.2, 0) is 25.5 Å². The summed E-state index contributed by atoms with van der Waals surface area (Å²) in [5, 5.41) is 2.72. The minimum Gasteiger partial charge on any atom is -0.456 e. The molecule has 0 spiro atoms. The van der Waals surface area contributed by atoms with E-state index < -0.39 is 30.3 Å². The zero-order valence-electron chi connectivity index (χ0n) is 17.1. The highest BCUT2D eigenvalue weighted by Gasteiger charge is 2.12. The predicted molar refractivity (Wildman–Crippen MR) is 119 cm³/mol. The van der Waals surface area contributed by atoms with E-state index in [1.165, 1.54) is 0 Å². The van der Waals surface area contributed by atoms with Crippen LogP contribution in [0.2, 0.25) is 0 Å². The third-order valence-corrected chi connectivity index (χ3v) is 4.72. The van der Waals surface area contributed by atoms with Crippen LogP contribution >= 0.6 is 15.9 Å². The number of hydrogen-bond acceptors (Lipinski definition) is 5. The molecule has 0 aliphatic heterocycles. The number of hydrogen-bond donors (Lipinski definition) is 3. The quantitative estimate of drug-likeness (QED) is 0.369. The van der Waals surface area contributed by atoms with E-state index in [2.05, 4.69) is 32.1 Å². The highest BCUT2D eigenvalue weighted by molar-refractivity contribution is 9.10.